The molecule has 0 heterocycles. The Morgan fingerprint density at radius 3 is 2.06 bits per heavy atom. The molecular formula is C9H10F3NO2S. The van der Waals surface area contributed by atoms with Gasteiger partial charge in [0.25, 0.3) is 0 Å². The van der Waals surface area contributed by atoms with Crippen molar-refractivity contribution in [2.24, 2.45) is 5.14 Å². The van der Waals surface area contributed by atoms with E-state index < -0.39 is 26.7 Å². The summed E-state index contributed by atoms with van der Waals surface area (Å²) in [5.74, 6) is 0. The van der Waals surface area contributed by atoms with Gasteiger partial charge in [-0.2, -0.15) is 13.2 Å². The van der Waals surface area contributed by atoms with Crippen LogP contribution in [-0.4, -0.2) is 8.42 Å². The van der Waals surface area contributed by atoms with Crippen LogP contribution in [0.1, 0.15) is 16.7 Å². The summed E-state index contributed by atoms with van der Waals surface area (Å²) < 4.78 is 60.2. The summed E-state index contributed by atoms with van der Waals surface area (Å²) in [4.78, 5) is -0.886. The number of hydrogen-bond donors (Lipinski definition) is 1. The number of rotatable bonds is 1. The number of hydrogen-bond acceptors (Lipinski definition) is 2. The highest BCUT2D eigenvalue weighted by atomic mass is 32.2. The molecule has 0 atom stereocenters. The lowest BCUT2D eigenvalue weighted by Crippen LogP contribution is -2.20. The molecule has 90 valence electrons. The number of nitrogens with two attached hydrogens (primary N) is 1. The molecule has 3 nitrogen and oxygen atoms in total. The van der Waals surface area contributed by atoms with Gasteiger partial charge in [0.1, 0.15) is 0 Å². The van der Waals surface area contributed by atoms with Crippen LogP contribution >= 0.6 is 0 Å². The topological polar surface area (TPSA) is 60.2 Å². The van der Waals surface area contributed by atoms with E-state index in [-0.39, 0.29) is 5.56 Å². The molecule has 1 aromatic carbocycles. The van der Waals surface area contributed by atoms with E-state index in [9.17, 15) is 21.6 Å². The van der Waals surface area contributed by atoms with E-state index in [2.05, 4.69) is 0 Å². The van der Waals surface area contributed by atoms with Gasteiger partial charge in [-0.05, 0) is 31.0 Å². The fourth-order valence-corrected chi connectivity index (χ4v) is 2.19. The SMILES string of the molecule is Cc1ccc(S(N)(=O)=O)c(C(F)(F)F)c1C. The Morgan fingerprint density at radius 1 is 1.19 bits per heavy atom. The zero-order chi connectivity index (χ0) is 12.7. The molecule has 16 heavy (non-hydrogen) atoms. The van der Waals surface area contributed by atoms with E-state index in [1.165, 1.54) is 19.9 Å². The Kier molecular flexibility index (Phi) is 3.04. The molecule has 0 radical (unpaired) electrons. The summed E-state index contributed by atoms with van der Waals surface area (Å²) in [5.41, 5.74) is -0.950. The Hall–Kier alpha value is -1.08. The second-order valence-corrected chi connectivity index (χ2v) is 4.95. The Balaban J connectivity index is 3.73. The summed E-state index contributed by atoms with van der Waals surface area (Å²) in [6.45, 7) is 2.68. The van der Waals surface area contributed by atoms with Gasteiger partial charge in [0.2, 0.25) is 10.0 Å². The van der Waals surface area contributed by atoms with Crippen molar-refractivity contribution in [1.82, 2.24) is 0 Å². The Morgan fingerprint density at radius 2 is 1.69 bits per heavy atom. The van der Waals surface area contributed by atoms with Gasteiger partial charge in [0, 0.05) is 0 Å². The molecule has 0 fully saturated rings. The molecule has 0 unspecified atom stereocenters. The van der Waals surface area contributed by atoms with Crippen LogP contribution in [-0.2, 0) is 16.2 Å². The molecule has 7 heteroatoms. The second-order valence-electron chi connectivity index (χ2n) is 3.42. The van der Waals surface area contributed by atoms with Gasteiger partial charge in [-0.15, -0.1) is 0 Å². The van der Waals surface area contributed by atoms with Crippen molar-refractivity contribution in [2.75, 3.05) is 0 Å². The maximum atomic E-state index is 12.7. The molecule has 0 aliphatic rings. The largest absolute Gasteiger partial charge is 0.417 e. The van der Waals surface area contributed by atoms with Crippen molar-refractivity contribution in [3.8, 4) is 0 Å². The predicted molar refractivity (Wildman–Crippen MR) is 52.3 cm³/mol. The number of primary sulfonamides is 1. The third-order valence-electron chi connectivity index (χ3n) is 2.29. The van der Waals surface area contributed by atoms with Gasteiger partial charge in [-0.25, -0.2) is 13.6 Å². The lowest BCUT2D eigenvalue weighted by molar-refractivity contribution is -0.140. The smallest absolute Gasteiger partial charge is 0.225 e. The molecule has 0 spiro atoms. The van der Waals surface area contributed by atoms with Crippen LogP contribution in [0.4, 0.5) is 13.2 Å². The standard InChI is InChI=1S/C9H10F3NO2S/c1-5-3-4-7(16(13,14)15)8(6(5)2)9(10,11)12/h3-4H,1-2H3,(H2,13,14,15). The molecule has 0 saturated heterocycles. The van der Waals surface area contributed by atoms with Gasteiger partial charge in [-0.3, -0.25) is 0 Å². The zero-order valence-electron chi connectivity index (χ0n) is 8.59. The number of halogens is 3. The highest BCUT2D eigenvalue weighted by molar-refractivity contribution is 7.89. The molecule has 0 saturated carbocycles. The second kappa shape index (κ2) is 3.74. The van der Waals surface area contributed by atoms with Gasteiger partial charge in [0.15, 0.2) is 0 Å². The van der Waals surface area contributed by atoms with Crippen LogP contribution < -0.4 is 5.14 Å². The Labute approximate surface area is 91.1 Å². The molecule has 1 rings (SSSR count). The van der Waals surface area contributed by atoms with Crippen molar-refractivity contribution in [3.05, 3.63) is 28.8 Å². The monoisotopic (exact) mass is 253 g/mol. The summed E-state index contributed by atoms with van der Waals surface area (Å²) in [5, 5.41) is 4.75. The van der Waals surface area contributed by atoms with Gasteiger partial charge in [0.05, 0.1) is 10.5 Å². The Bertz CT molecular complexity index is 520. The van der Waals surface area contributed by atoms with E-state index >= 15 is 0 Å². The molecule has 2 N–H and O–H groups in total. The predicted octanol–water partition coefficient (Wildman–Crippen LogP) is 1.97. The summed E-state index contributed by atoms with van der Waals surface area (Å²) >= 11 is 0. The van der Waals surface area contributed by atoms with Crippen LogP contribution in [0.25, 0.3) is 0 Å². The van der Waals surface area contributed by atoms with E-state index in [0.29, 0.717) is 5.56 Å². The molecule has 0 amide bonds. The lowest BCUT2D eigenvalue weighted by atomic mass is 10.0. The van der Waals surface area contributed by atoms with E-state index in [1.54, 1.807) is 0 Å². The van der Waals surface area contributed by atoms with E-state index in [0.717, 1.165) is 6.07 Å². The third kappa shape index (κ3) is 2.35. The van der Waals surface area contributed by atoms with Gasteiger partial charge >= 0.3 is 6.18 Å². The molecule has 0 bridgehead atoms. The minimum Gasteiger partial charge on any atom is -0.225 e. The van der Waals surface area contributed by atoms with Crippen LogP contribution in [0.15, 0.2) is 17.0 Å². The van der Waals surface area contributed by atoms with Crippen molar-refractivity contribution < 1.29 is 21.6 Å². The summed E-state index contributed by atoms with van der Waals surface area (Å²) in [6, 6.07) is 2.17. The van der Waals surface area contributed by atoms with Crippen LogP contribution in [0, 0.1) is 13.8 Å². The lowest BCUT2D eigenvalue weighted by Gasteiger charge is -2.15. The highest BCUT2D eigenvalue weighted by Gasteiger charge is 2.38. The van der Waals surface area contributed by atoms with Crippen molar-refractivity contribution in [3.63, 3.8) is 0 Å². The van der Waals surface area contributed by atoms with Gasteiger partial charge in [-0.1, -0.05) is 6.07 Å². The maximum absolute atomic E-state index is 12.7. The first-order valence-electron chi connectivity index (χ1n) is 4.25. The average Bonchev–Trinajstić information content (AvgIpc) is 2.05. The van der Waals surface area contributed by atoms with E-state index in [1.807, 2.05) is 0 Å². The summed E-state index contributed by atoms with van der Waals surface area (Å²) in [7, 11) is -4.38. The molecule has 0 aromatic heterocycles. The first-order chi connectivity index (χ1) is 7.05. The van der Waals surface area contributed by atoms with Crippen LogP contribution in [0.3, 0.4) is 0 Å². The summed E-state index contributed by atoms with van der Waals surface area (Å²) in [6.07, 6.45) is -4.74. The highest BCUT2D eigenvalue weighted by Crippen LogP contribution is 2.37. The number of alkyl halides is 3. The van der Waals surface area contributed by atoms with Crippen molar-refractivity contribution in [1.29, 1.82) is 0 Å². The third-order valence-corrected chi connectivity index (χ3v) is 3.24. The molecule has 0 aliphatic heterocycles. The minimum atomic E-state index is -4.74. The van der Waals surface area contributed by atoms with Crippen LogP contribution in [0.2, 0.25) is 0 Å². The number of sulfonamides is 1. The normalized spacial score (nSPS) is 12.9. The van der Waals surface area contributed by atoms with Crippen molar-refractivity contribution >= 4 is 10.0 Å². The number of benzene rings is 1. The zero-order valence-corrected chi connectivity index (χ0v) is 9.41. The first kappa shape index (κ1) is 13.0. The quantitative estimate of drug-likeness (QED) is 0.831. The van der Waals surface area contributed by atoms with E-state index in [4.69, 9.17) is 5.14 Å². The van der Waals surface area contributed by atoms with Crippen LogP contribution in [0.5, 0.6) is 0 Å². The maximum Gasteiger partial charge on any atom is 0.417 e. The average molecular weight is 253 g/mol. The molecule has 0 aliphatic carbocycles. The minimum absolute atomic E-state index is 0.126. The molecular weight excluding hydrogens is 243 g/mol. The molecule has 1 aromatic rings. The fourth-order valence-electron chi connectivity index (χ4n) is 1.38. The fraction of sp³-hybridized carbons (Fsp3) is 0.333. The van der Waals surface area contributed by atoms with Gasteiger partial charge < -0.3 is 0 Å². The van der Waals surface area contributed by atoms with Crippen molar-refractivity contribution in [2.45, 2.75) is 24.9 Å². The first-order valence-corrected chi connectivity index (χ1v) is 5.80. The number of aryl methyl sites for hydroxylation is 1.